The maximum atomic E-state index is 14.4. The highest BCUT2D eigenvalue weighted by molar-refractivity contribution is 7.07. The predicted octanol–water partition coefficient (Wildman–Crippen LogP) is 7.53. The van der Waals surface area contributed by atoms with Crippen molar-refractivity contribution in [3.05, 3.63) is 128 Å². The Bertz CT molecular complexity index is 1950. The molecule has 4 aromatic rings. The number of allylic oxidation sites excluding steroid dienone is 1. The van der Waals surface area contributed by atoms with Gasteiger partial charge in [-0.2, -0.15) is 13.2 Å². The summed E-state index contributed by atoms with van der Waals surface area (Å²) in [6, 6.07) is 14.1. The molecule has 0 aliphatic carbocycles. The molecule has 2 heterocycles. The van der Waals surface area contributed by atoms with Crippen LogP contribution in [0.5, 0.6) is 5.75 Å². The minimum atomic E-state index is -5.04. The van der Waals surface area contributed by atoms with E-state index < -0.39 is 35.0 Å². The molecule has 0 radical (unpaired) electrons. The number of nitrogens with zero attached hydrogens (tertiary/aromatic N) is 2. The van der Waals surface area contributed by atoms with Gasteiger partial charge in [-0.25, -0.2) is 9.79 Å². The fourth-order valence-corrected chi connectivity index (χ4v) is 6.33. The summed E-state index contributed by atoms with van der Waals surface area (Å²) in [5.74, 6) is -1.06. The van der Waals surface area contributed by atoms with Crippen LogP contribution in [0.4, 0.5) is 13.2 Å². The Kier molecular flexibility index (Phi) is 9.48. The number of hydrogen-bond donors (Lipinski definition) is 0. The zero-order chi connectivity index (χ0) is 31.8. The van der Waals surface area contributed by atoms with Crippen molar-refractivity contribution in [1.82, 2.24) is 4.57 Å². The molecular formula is C30H19Cl4F3N2O4S. The first-order valence-corrected chi connectivity index (χ1v) is 15.1. The molecule has 0 saturated carbocycles. The quantitative estimate of drug-likeness (QED) is 0.187. The molecule has 14 heteroatoms. The van der Waals surface area contributed by atoms with Gasteiger partial charge in [-0.15, -0.1) is 0 Å². The van der Waals surface area contributed by atoms with Gasteiger partial charge in [-0.05, 0) is 60.5 Å². The van der Waals surface area contributed by atoms with Gasteiger partial charge in [0.15, 0.2) is 10.5 Å². The number of alkyl halides is 3. The summed E-state index contributed by atoms with van der Waals surface area (Å²) in [4.78, 5) is 30.4. The SMILES string of the molecule is CCOC(=O)C1=C(C(F)(F)F)N=c2s/c(=C\c3cc(Cl)cc(Cl)c3OCc3ccc(Cl)cc3)c(=O)n2[C@H]1c1ccc(Cl)cc1. The fraction of sp³-hybridized carbons (Fsp3) is 0.167. The Labute approximate surface area is 272 Å². The summed E-state index contributed by atoms with van der Waals surface area (Å²) in [5, 5.41) is 1.23. The lowest BCUT2D eigenvalue weighted by Gasteiger charge is -2.26. The van der Waals surface area contributed by atoms with Gasteiger partial charge in [0.05, 0.1) is 27.8 Å². The van der Waals surface area contributed by atoms with Crippen LogP contribution in [0.1, 0.15) is 29.7 Å². The molecule has 6 nitrogen and oxygen atoms in total. The molecule has 0 fully saturated rings. The first-order chi connectivity index (χ1) is 20.9. The van der Waals surface area contributed by atoms with Crippen LogP contribution in [0.15, 0.2) is 81.7 Å². The average Bonchev–Trinajstić information content (AvgIpc) is 3.27. The standard InChI is InChI=1S/C30H19Cl4F3N2O4S/c1-2-42-28(41)23-24(16-5-9-19(32)10-6-16)39-27(40)22(44-29(39)38-26(23)30(35,36)37)12-17-11-20(33)13-21(34)25(17)43-14-15-3-7-18(31)8-4-15/h3-13,24H,2,14H2,1H3/b22-12-/t24-/m0/s1. The van der Waals surface area contributed by atoms with Crippen LogP contribution in [-0.4, -0.2) is 23.3 Å². The number of benzene rings is 3. The van der Waals surface area contributed by atoms with Gasteiger partial charge in [0, 0.05) is 20.6 Å². The molecule has 1 aliphatic rings. The van der Waals surface area contributed by atoms with Crippen molar-refractivity contribution >= 4 is 69.8 Å². The molecule has 0 unspecified atom stereocenters. The maximum absolute atomic E-state index is 14.4. The lowest BCUT2D eigenvalue weighted by atomic mass is 9.95. The molecule has 1 aliphatic heterocycles. The maximum Gasteiger partial charge on any atom is 0.434 e. The minimum Gasteiger partial charge on any atom is -0.487 e. The van der Waals surface area contributed by atoms with Crippen LogP contribution in [0, 0.1) is 0 Å². The number of hydrogen-bond acceptors (Lipinski definition) is 6. The van der Waals surface area contributed by atoms with Gasteiger partial charge in [-0.1, -0.05) is 82.0 Å². The van der Waals surface area contributed by atoms with E-state index in [0.717, 1.165) is 10.1 Å². The molecule has 3 aromatic carbocycles. The number of ether oxygens (including phenoxy) is 2. The minimum absolute atomic E-state index is 0.0102. The summed E-state index contributed by atoms with van der Waals surface area (Å²) < 4.78 is 55.1. The van der Waals surface area contributed by atoms with Crippen molar-refractivity contribution in [2.45, 2.75) is 25.7 Å². The fourth-order valence-electron chi connectivity index (χ4n) is 4.52. The number of carbonyl (C=O) groups is 1. The lowest BCUT2D eigenvalue weighted by Crippen LogP contribution is -2.41. The Morgan fingerprint density at radius 2 is 1.64 bits per heavy atom. The highest BCUT2D eigenvalue weighted by Gasteiger charge is 2.45. The monoisotopic (exact) mass is 700 g/mol. The second-order valence-electron chi connectivity index (χ2n) is 9.34. The van der Waals surface area contributed by atoms with Gasteiger partial charge in [0.25, 0.3) is 5.56 Å². The summed E-state index contributed by atoms with van der Waals surface area (Å²) in [6.45, 7) is 1.36. The van der Waals surface area contributed by atoms with Crippen LogP contribution in [0.25, 0.3) is 6.08 Å². The van der Waals surface area contributed by atoms with Gasteiger partial charge < -0.3 is 9.47 Å². The summed E-state index contributed by atoms with van der Waals surface area (Å²) >= 11 is 25.4. The van der Waals surface area contributed by atoms with Crippen LogP contribution in [0.3, 0.4) is 0 Å². The topological polar surface area (TPSA) is 69.9 Å². The Balaban J connectivity index is 1.71. The molecule has 1 atom stereocenters. The van der Waals surface area contributed by atoms with E-state index in [0.29, 0.717) is 26.9 Å². The number of fused-ring (bicyclic) bond motifs is 1. The summed E-state index contributed by atoms with van der Waals surface area (Å²) in [5.41, 5.74) is -1.72. The first-order valence-electron chi connectivity index (χ1n) is 12.8. The van der Waals surface area contributed by atoms with Gasteiger partial charge in [0.2, 0.25) is 0 Å². The lowest BCUT2D eigenvalue weighted by molar-refractivity contribution is -0.140. The third-order valence-corrected chi connectivity index (χ3v) is 8.39. The van der Waals surface area contributed by atoms with Gasteiger partial charge in [0.1, 0.15) is 12.4 Å². The molecule has 0 saturated heterocycles. The van der Waals surface area contributed by atoms with E-state index in [9.17, 15) is 22.8 Å². The van der Waals surface area contributed by atoms with E-state index in [1.165, 1.54) is 49.4 Å². The largest absolute Gasteiger partial charge is 0.487 e. The first kappa shape index (κ1) is 32.1. The number of rotatable bonds is 7. The molecular weight excluding hydrogens is 683 g/mol. The normalized spacial score (nSPS) is 15.2. The zero-order valence-electron chi connectivity index (χ0n) is 22.4. The van der Waals surface area contributed by atoms with E-state index in [-0.39, 0.29) is 43.9 Å². The number of thiazole rings is 1. The van der Waals surface area contributed by atoms with Crippen molar-refractivity contribution in [3.63, 3.8) is 0 Å². The Morgan fingerprint density at radius 3 is 2.25 bits per heavy atom. The van der Waals surface area contributed by atoms with Crippen molar-refractivity contribution in [3.8, 4) is 5.75 Å². The van der Waals surface area contributed by atoms with E-state index in [2.05, 4.69) is 4.99 Å². The van der Waals surface area contributed by atoms with E-state index in [1.807, 2.05) is 0 Å². The number of halogens is 7. The molecule has 0 bridgehead atoms. The van der Waals surface area contributed by atoms with Crippen molar-refractivity contribution in [1.29, 1.82) is 0 Å². The van der Waals surface area contributed by atoms with Gasteiger partial charge in [-0.3, -0.25) is 9.36 Å². The third-order valence-electron chi connectivity index (χ3n) is 6.40. The molecule has 1 aromatic heterocycles. The van der Waals surface area contributed by atoms with Gasteiger partial charge >= 0.3 is 12.1 Å². The molecule has 0 N–H and O–H groups in total. The molecule has 0 amide bonds. The van der Waals surface area contributed by atoms with E-state index >= 15 is 0 Å². The summed E-state index contributed by atoms with van der Waals surface area (Å²) in [6.07, 6.45) is -3.63. The molecule has 0 spiro atoms. The number of esters is 1. The second-order valence-corrected chi connectivity index (χ2v) is 12.1. The third kappa shape index (κ3) is 6.69. The molecule has 228 valence electrons. The molecule has 5 rings (SSSR count). The molecule has 44 heavy (non-hydrogen) atoms. The second kappa shape index (κ2) is 13.0. The van der Waals surface area contributed by atoms with Crippen molar-refractivity contribution in [2.24, 2.45) is 4.99 Å². The zero-order valence-corrected chi connectivity index (χ0v) is 26.3. The highest BCUT2D eigenvalue weighted by Crippen LogP contribution is 2.39. The van der Waals surface area contributed by atoms with E-state index in [1.54, 1.807) is 24.3 Å². The Hall–Kier alpha value is -3.28. The number of carbonyl (C=O) groups excluding carboxylic acids is 1. The predicted molar refractivity (Wildman–Crippen MR) is 164 cm³/mol. The van der Waals surface area contributed by atoms with Crippen molar-refractivity contribution in [2.75, 3.05) is 6.61 Å². The van der Waals surface area contributed by atoms with Crippen molar-refractivity contribution < 1.29 is 27.4 Å². The summed E-state index contributed by atoms with van der Waals surface area (Å²) in [7, 11) is 0. The van der Waals surface area contributed by atoms with Crippen LogP contribution in [0.2, 0.25) is 20.1 Å². The Morgan fingerprint density at radius 1 is 1.00 bits per heavy atom. The van der Waals surface area contributed by atoms with Crippen LogP contribution < -0.4 is 19.6 Å². The highest BCUT2D eigenvalue weighted by atomic mass is 35.5. The van der Waals surface area contributed by atoms with Crippen LogP contribution >= 0.6 is 57.7 Å². The number of aromatic nitrogens is 1. The smallest absolute Gasteiger partial charge is 0.434 e. The average molecular weight is 702 g/mol. The van der Waals surface area contributed by atoms with E-state index in [4.69, 9.17) is 55.9 Å². The van der Waals surface area contributed by atoms with Crippen LogP contribution in [-0.2, 0) is 16.1 Å².